The van der Waals surface area contributed by atoms with Gasteiger partial charge in [-0.2, -0.15) is 0 Å². The van der Waals surface area contributed by atoms with Crippen LogP contribution < -0.4 is 5.32 Å². The normalized spacial score (nSPS) is 22.2. The summed E-state index contributed by atoms with van der Waals surface area (Å²) in [4.78, 5) is 11.1. The highest BCUT2D eigenvalue weighted by Crippen LogP contribution is 2.25. The summed E-state index contributed by atoms with van der Waals surface area (Å²) in [5.74, 6) is 6.39. The molecule has 1 saturated heterocycles. The van der Waals surface area contributed by atoms with Crippen molar-refractivity contribution in [2.45, 2.75) is 44.4 Å². The predicted molar refractivity (Wildman–Crippen MR) is 117 cm³/mol. The van der Waals surface area contributed by atoms with E-state index in [0.717, 1.165) is 81.0 Å². The van der Waals surface area contributed by atoms with Crippen molar-refractivity contribution in [3.63, 3.8) is 0 Å². The number of nitrogens with one attached hydrogen (secondary N) is 1. The maximum absolute atomic E-state index is 9.72. The highest BCUT2D eigenvalue weighted by atomic mass is 35.5. The molecule has 2 aliphatic rings. The Balaban J connectivity index is 1.42. The van der Waals surface area contributed by atoms with Crippen LogP contribution in [0.4, 0.5) is 5.69 Å². The van der Waals surface area contributed by atoms with Gasteiger partial charge >= 0.3 is 0 Å². The summed E-state index contributed by atoms with van der Waals surface area (Å²) < 4.78 is 5.39. The van der Waals surface area contributed by atoms with Crippen molar-refractivity contribution in [2.75, 3.05) is 31.6 Å². The Labute approximate surface area is 182 Å². The van der Waals surface area contributed by atoms with Gasteiger partial charge in [-0.1, -0.05) is 23.4 Å². The van der Waals surface area contributed by atoms with Crippen molar-refractivity contribution in [1.82, 2.24) is 14.9 Å². The molecule has 4 rings (SSSR count). The average molecular weight is 427 g/mol. The molecule has 6 nitrogen and oxygen atoms in total. The summed E-state index contributed by atoms with van der Waals surface area (Å²) in [5, 5.41) is 13.7. The van der Waals surface area contributed by atoms with Crippen LogP contribution in [0.2, 0.25) is 5.15 Å². The Morgan fingerprint density at radius 2 is 1.90 bits per heavy atom. The first-order valence-corrected chi connectivity index (χ1v) is 10.9. The van der Waals surface area contributed by atoms with E-state index in [0.29, 0.717) is 11.2 Å². The van der Waals surface area contributed by atoms with Crippen LogP contribution in [-0.4, -0.2) is 58.4 Å². The molecule has 30 heavy (non-hydrogen) atoms. The molecule has 0 unspecified atom stereocenters. The summed E-state index contributed by atoms with van der Waals surface area (Å²) in [6.45, 7) is 4.31. The topological polar surface area (TPSA) is 70.5 Å². The van der Waals surface area contributed by atoms with Gasteiger partial charge in [0.1, 0.15) is 5.15 Å². The number of nitrogens with zero attached hydrogens (tertiary/aromatic N) is 3. The van der Waals surface area contributed by atoms with Crippen LogP contribution in [0, 0.1) is 11.8 Å². The molecule has 2 aromatic heterocycles. The molecule has 1 aliphatic carbocycles. The lowest BCUT2D eigenvalue weighted by atomic mass is 9.93. The third-order valence-corrected chi connectivity index (χ3v) is 5.79. The molecule has 0 amide bonds. The number of rotatable bonds is 4. The van der Waals surface area contributed by atoms with Gasteiger partial charge in [0.05, 0.1) is 36.3 Å². The van der Waals surface area contributed by atoms with Gasteiger partial charge in [0.2, 0.25) is 0 Å². The van der Waals surface area contributed by atoms with Crippen LogP contribution in [0.1, 0.15) is 42.5 Å². The molecule has 1 aliphatic heterocycles. The molecule has 0 atom stereocenters. The fraction of sp³-hybridized carbons (Fsp3) is 0.478. The maximum atomic E-state index is 9.72. The van der Waals surface area contributed by atoms with E-state index in [-0.39, 0.29) is 6.10 Å². The van der Waals surface area contributed by atoms with Gasteiger partial charge in [-0.3, -0.25) is 9.88 Å². The zero-order valence-electron chi connectivity index (χ0n) is 17.0. The first-order valence-electron chi connectivity index (χ1n) is 10.5. The minimum atomic E-state index is -0.179. The Bertz CT molecular complexity index is 896. The van der Waals surface area contributed by atoms with Gasteiger partial charge in [-0.15, -0.1) is 0 Å². The largest absolute Gasteiger partial charge is 0.393 e. The smallest absolute Gasteiger partial charge is 0.131 e. The second-order valence-electron chi connectivity index (χ2n) is 7.88. The number of aliphatic hydroxyl groups excluding tert-OH is 1. The van der Waals surface area contributed by atoms with E-state index in [9.17, 15) is 5.11 Å². The highest BCUT2D eigenvalue weighted by molar-refractivity contribution is 6.29. The number of pyridine rings is 2. The number of hydrogen-bond acceptors (Lipinski definition) is 6. The fourth-order valence-corrected chi connectivity index (χ4v) is 3.97. The molecule has 2 fully saturated rings. The second kappa shape index (κ2) is 10.2. The van der Waals surface area contributed by atoms with Gasteiger partial charge in [0.15, 0.2) is 0 Å². The van der Waals surface area contributed by atoms with E-state index in [1.165, 1.54) is 0 Å². The van der Waals surface area contributed by atoms with Crippen molar-refractivity contribution < 1.29 is 9.84 Å². The molecule has 0 bridgehead atoms. The van der Waals surface area contributed by atoms with E-state index in [2.05, 4.69) is 32.0 Å². The number of anilines is 1. The number of halogens is 1. The summed E-state index contributed by atoms with van der Waals surface area (Å²) in [7, 11) is 0. The number of aliphatic hydroxyl groups is 1. The van der Waals surface area contributed by atoms with E-state index >= 15 is 0 Å². The third-order valence-electron chi connectivity index (χ3n) is 5.58. The average Bonchev–Trinajstić information content (AvgIpc) is 2.77. The van der Waals surface area contributed by atoms with Crippen LogP contribution in [0.5, 0.6) is 0 Å². The molecular formula is C23H27ClN4O2. The number of hydrogen-bond donors (Lipinski definition) is 2. The lowest BCUT2D eigenvalue weighted by molar-refractivity contribution is 0.0336. The van der Waals surface area contributed by atoms with Gasteiger partial charge in [0.25, 0.3) is 0 Å². The molecule has 2 N–H and O–H groups in total. The lowest BCUT2D eigenvalue weighted by Crippen LogP contribution is -2.35. The first kappa shape index (κ1) is 21.1. The fourth-order valence-electron chi connectivity index (χ4n) is 3.81. The Morgan fingerprint density at radius 3 is 2.63 bits per heavy atom. The van der Waals surface area contributed by atoms with E-state index in [4.69, 9.17) is 16.3 Å². The number of morpholine rings is 1. The second-order valence-corrected chi connectivity index (χ2v) is 8.27. The maximum Gasteiger partial charge on any atom is 0.131 e. The van der Waals surface area contributed by atoms with Crippen LogP contribution in [-0.2, 0) is 11.3 Å². The summed E-state index contributed by atoms with van der Waals surface area (Å²) >= 11 is 6.11. The monoisotopic (exact) mass is 426 g/mol. The third kappa shape index (κ3) is 5.93. The molecule has 2 aromatic rings. The van der Waals surface area contributed by atoms with Crippen molar-refractivity contribution in [2.24, 2.45) is 0 Å². The summed E-state index contributed by atoms with van der Waals surface area (Å²) in [6.07, 6.45) is 6.85. The Kier molecular flexibility index (Phi) is 7.19. The van der Waals surface area contributed by atoms with Gasteiger partial charge in [-0.05, 0) is 43.9 Å². The van der Waals surface area contributed by atoms with Crippen molar-refractivity contribution >= 4 is 17.3 Å². The minimum Gasteiger partial charge on any atom is -0.393 e. The molecule has 0 aromatic carbocycles. The van der Waals surface area contributed by atoms with Gasteiger partial charge < -0.3 is 15.2 Å². The summed E-state index contributed by atoms with van der Waals surface area (Å²) in [6, 6.07) is 6.18. The van der Waals surface area contributed by atoms with Gasteiger partial charge in [-0.25, -0.2) is 4.98 Å². The molecule has 158 valence electrons. The van der Waals surface area contributed by atoms with Crippen LogP contribution >= 0.6 is 11.6 Å². The number of aromatic nitrogens is 2. The molecule has 7 heteroatoms. The lowest BCUT2D eigenvalue weighted by Gasteiger charge is -2.27. The van der Waals surface area contributed by atoms with E-state index in [1.807, 2.05) is 24.4 Å². The van der Waals surface area contributed by atoms with Crippen LogP contribution in [0.25, 0.3) is 0 Å². The Hall–Kier alpha value is -2.17. The zero-order valence-corrected chi connectivity index (χ0v) is 17.7. The molecule has 1 saturated carbocycles. The zero-order chi connectivity index (χ0) is 20.8. The van der Waals surface area contributed by atoms with Gasteiger partial charge in [0, 0.05) is 43.6 Å². The standard InChI is InChI=1S/C23H27ClN4O2/c24-23-13-22(27-19-5-7-21(29)8-6-19)18(15-26-23)3-1-17-2-4-20(25-14-17)16-28-9-11-30-12-10-28/h2,4,13-15,19,21,29H,5-12,16H2,(H,26,27). The van der Waals surface area contributed by atoms with Crippen molar-refractivity contribution in [3.8, 4) is 11.8 Å². The highest BCUT2D eigenvalue weighted by Gasteiger charge is 2.20. The predicted octanol–water partition coefficient (Wildman–Crippen LogP) is 3.08. The van der Waals surface area contributed by atoms with Crippen LogP contribution in [0.3, 0.4) is 0 Å². The van der Waals surface area contributed by atoms with Crippen molar-refractivity contribution in [3.05, 3.63) is 52.6 Å². The van der Waals surface area contributed by atoms with Crippen LogP contribution in [0.15, 0.2) is 30.6 Å². The molecule has 0 radical (unpaired) electrons. The van der Waals surface area contributed by atoms with E-state index in [1.54, 1.807) is 6.20 Å². The van der Waals surface area contributed by atoms with E-state index < -0.39 is 0 Å². The summed E-state index contributed by atoms with van der Waals surface area (Å²) in [5.41, 5.74) is 3.60. The SMILES string of the molecule is OC1CCC(Nc2cc(Cl)ncc2C#Cc2ccc(CN3CCOCC3)nc2)CC1. The quantitative estimate of drug-likeness (QED) is 0.578. The number of ether oxygens (including phenoxy) is 1. The molecular weight excluding hydrogens is 400 g/mol. The minimum absolute atomic E-state index is 0.179. The van der Waals surface area contributed by atoms with Crippen molar-refractivity contribution in [1.29, 1.82) is 0 Å². The Morgan fingerprint density at radius 1 is 1.10 bits per heavy atom. The molecule has 0 spiro atoms. The first-order chi connectivity index (χ1) is 14.7. The molecule has 3 heterocycles.